The molecule has 0 N–H and O–H groups in total. The second-order valence-electron chi connectivity index (χ2n) is 2.05. The van der Waals surface area contributed by atoms with Gasteiger partial charge in [0.25, 0.3) is 0 Å². The van der Waals surface area contributed by atoms with Crippen molar-refractivity contribution in [3.8, 4) is 0 Å². The molecule has 0 amide bonds. The minimum Gasteiger partial charge on any atom is -0.438 e. The van der Waals surface area contributed by atoms with E-state index in [0.29, 0.717) is 0 Å². The Morgan fingerprint density at radius 3 is 2.25 bits per heavy atom. The van der Waals surface area contributed by atoms with E-state index >= 15 is 0 Å². The third-order valence-electron chi connectivity index (χ3n) is 1.29. The monoisotopic (exact) mass is 167 g/mol. The van der Waals surface area contributed by atoms with Gasteiger partial charge in [-0.2, -0.15) is 0 Å². The van der Waals surface area contributed by atoms with Crippen LogP contribution in [0.2, 0.25) is 0 Å². The molecular formula is C9H13NO2. The lowest BCUT2D eigenvalue weighted by atomic mass is 10.5. The molecule has 0 aliphatic rings. The molecule has 0 rings (SSSR count). The van der Waals surface area contributed by atoms with Crippen molar-refractivity contribution in [1.29, 1.82) is 0 Å². The average molecular weight is 167 g/mol. The molecule has 66 valence electrons. The second kappa shape index (κ2) is 5.18. The predicted molar refractivity (Wildman–Crippen MR) is 48.0 cm³/mol. The van der Waals surface area contributed by atoms with Gasteiger partial charge in [0.05, 0.1) is 0 Å². The Morgan fingerprint density at radius 2 is 1.92 bits per heavy atom. The Balaban J connectivity index is 4.08. The van der Waals surface area contributed by atoms with Crippen LogP contribution in [0.5, 0.6) is 0 Å². The lowest BCUT2D eigenvalue weighted by Crippen LogP contribution is -2.27. The SMILES string of the molecule is C=CC(=O)OC(C)N(C=C)C=C. The molecule has 0 aliphatic carbocycles. The summed E-state index contributed by atoms with van der Waals surface area (Å²) in [5.41, 5.74) is 0. The lowest BCUT2D eigenvalue weighted by molar-refractivity contribution is -0.147. The molecule has 0 saturated heterocycles. The summed E-state index contributed by atoms with van der Waals surface area (Å²) in [5.74, 6) is -0.462. The first kappa shape index (κ1) is 10.5. The Hall–Kier alpha value is -1.51. The van der Waals surface area contributed by atoms with Crippen LogP contribution >= 0.6 is 0 Å². The zero-order valence-corrected chi connectivity index (χ0v) is 7.19. The molecule has 1 atom stereocenters. The molecule has 0 aromatic heterocycles. The van der Waals surface area contributed by atoms with Gasteiger partial charge in [0.1, 0.15) is 0 Å². The van der Waals surface area contributed by atoms with Crippen LogP contribution in [0.3, 0.4) is 0 Å². The van der Waals surface area contributed by atoms with E-state index in [0.717, 1.165) is 6.08 Å². The zero-order valence-electron chi connectivity index (χ0n) is 7.19. The van der Waals surface area contributed by atoms with E-state index in [-0.39, 0.29) is 0 Å². The maximum Gasteiger partial charge on any atom is 0.332 e. The molecule has 12 heavy (non-hydrogen) atoms. The third kappa shape index (κ3) is 3.05. The highest BCUT2D eigenvalue weighted by molar-refractivity contribution is 5.81. The second-order valence-corrected chi connectivity index (χ2v) is 2.05. The number of ether oxygens (including phenoxy) is 1. The number of esters is 1. The van der Waals surface area contributed by atoms with Crippen molar-refractivity contribution in [3.63, 3.8) is 0 Å². The minimum atomic E-state index is -0.462. The number of carbonyl (C=O) groups excluding carboxylic acids is 1. The number of carbonyl (C=O) groups is 1. The van der Waals surface area contributed by atoms with E-state index in [1.807, 2.05) is 0 Å². The van der Waals surface area contributed by atoms with Crippen molar-refractivity contribution < 1.29 is 9.53 Å². The number of hydrogen-bond donors (Lipinski definition) is 0. The van der Waals surface area contributed by atoms with Gasteiger partial charge in [-0.15, -0.1) is 0 Å². The van der Waals surface area contributed by atoms with E-state index < -0.39 is 12.2 Å². The number of nitrogens with zero attached hydrogens (tertiary/aromatic N) is 1. The molecule has 1 unspecified atom stereocenters. The van der Waals surface area contributed by atoms with Crippen LogP contribution in [-0.4, -0.2) is 17.1 Å². The molecule has 0 heterocycles. The van der Waals surface area contributed by atoms with E-state index in [2.05, 4.69) is 19.7 Å². The summed E-state index contributed by atoms with van der Waals surface area (Å²) in [6, 6.07) is 0. The Labute approximate surface area is 72.6 Å². The van der Waals surface area contributed by atoms with Crippen LogP contribution < -0.4 is 0 Å². The van der Waals surface area contributed by atoms with Crippen molar-refractivity contribution in [2.45, 2.75) is 13.2 Å². The number of hydrogen-bond acceptors (Lipinski definition) is 3. The first-order chi connectivity index (χ1) is 5.65. The molecule has 0 aromatic carbocycles. The van der Waals surface area contributed by atoms with Crippen LogP contribution in [0.25, 0.3) is 0 Å². The summed E-state index contributed by atoms with van der Waals surface area (Å²) < 4.78 is 4.87. The fourth-order valence-electron chi connectivity index (χ4n) is 0.648. The van der Waals surface area contributed by atoms with Gasteiger partial charge in [-0.05, 0) is 19.3 Å². The van der Waals surface area contributed by atoms with Gasteiger partial charge >= 0.3 is 5.97 Å². The quantitative estimate of drug-likeness (QED) is 0.354. The third-order valence-corrected chi connectivity index (χ3v) is 1.29. The largest absolute Gasteiger partial charge is 0.438 e. The highest BCUT2D eigenvalue weighted by Crippen LogP contribution is 2.01. The van der Waals surface area contributed by atoms with Crippen LogP contribution in [-0.2, 0) is 9.53 Å². The van der Waals surface area contributed by atoms with E-state index in [1.54, 1.807) is 11.8 Å². The maximum absolute atomic E-state index is 10.7. The summed E-state index contributed by atoms with van der Waals surface area (Å²) in [5, 5.41) is 0. The lowest BCUT2D eigenvalue weighted by Gasteiger charge is -2.22. The standard InChI is InChI=1S/C9H13NO2/c1-5-9(11)12-8(4)10(6-2)7-3/h5-8H,1-3H2,4H3. The van der Waals surface area contributed by atoms with Gasteiger partial charge in [-0.3, -0.25) is 0 Å². The minimum absolute atomic E-state index is 0.398. The number of rotatable bonds is 5. The molecule has 0 spiro atoms. The molecule has 0 aromatic rings. The normalized spacial score (nSPS) is 11.1. The summed E-state index contributed by atoms with van der Waals surface area (Å²) >= 11 is 0. The maximum atomic E-state index is 10.7. The molecule has 3 nitrogen and oxygen atoms in total. The Morgan fingerprint density at radius 1 is 1.42 bits per heavy atom. The summed E-state index contributed by atoms with van der Waals surface area (Å²) in [4.78, 5) is 12.3. The first-order valence-electron chi connectivity index (χ1n) is 3.51. The molecule has 0 saturated carbocycles. The van der Waals surface area contributed by atoms with Gasteiger partial charge < -0.3 is 9.64 Å². The summed E-state index contributed by atoms with van der Waals surface area (Å²) in [6.07, 6.45) is 3.76. The van der Waals surface area contributed by atoms with Gasteiger partial charge in [-0.1, -0.05) is 19.7 Å². The predicted octanol–water partition coefficient (Wildman–Crippen LogP) is 1.65. The summed E-state index contributed by atoms with van der Waals surface area (Å²) in [6.45, 7) is 12.0. The van der Waals surface area contributed by atoms with E-state index in [4.69, 9.17) is 4.74 Å². The molecule has 3 heteroatoms. The van der Waals surface area contributed by atoms with Gasteiger partial charge in [0, 0.05) is 6.08 Å². The fourth-order valence-corrected chi connectivity index (χ4v) is 0.648. The van der Waals surface area contributed by atoms with Crippen LogP contribution in [0.1, 0.15) is 6.92 Å². The highest BCUT2D eigenvalue weighted by Gasteiger charge is 2.08. The molecule has 0 bridgehead atoms. The van der Waals surface area contributed by atoms with Crippen LogP contribution in [0, 0.1) is 0 Å². The molecule has 0 radical (unpaired) electrons. The zero-order chi connectivity index (χ0) is 9.56. The fraction of sp³-hybridized carbons (Fsp3) is 0.222. The van der Waals surface area contributed by atoms with Crippen LogP contribution in [0.15, 0.2) is 38.2 Å². The average Bonchev–Trinajstić information content (AvgIpc) is 2.06. The molecule has 0 aliphatic heterocycles. The van der Waals surface area contributed by atoms with Crippen molar-refractivity contribution in [1.82, 2.24) is 4.90 Å². The first-order valence-corrected chi connectivity index (χ1v) is 3.51. The van der Waals surface area contributed by atoms with Gasteiger partial charge in [-0.25, -0.2) is 4.79 Å². The Kier molecular flexibility index (Phi) is 4.53. The van der Waals surface area contributed by atoms with Crippen molar-refractivity contribution in [2.75, 3.05) is 0 Å². The van der Waals surface area contributed by atoms with E-state index in [1.165, 1.54) is 12.4 Å². The van der Waals surface area contributed by atoms with Gasteiger partial charge in [0.15, 0.2) is 6.23 Å². The van der Waals surface area contributed by atoms with Crippen molar-refractivity contribution in [3.05, 3.63) is 38.2 Å². The topological polar surface area (TPSA) is 29.5 Å². The van der Waals surface area contributed by atoms with E-state index in [9.17, 15) is 4.79 Å². The van der Waals surface area contributed by atoms with Crippen molar-refractivity contribution >= 4 is 5.97 Å². The summed E-state index contributed by atoms with van der Waals surface area (Å²) in [7, 11) is 0. The van der Waals surface area contributed by atoms with Crippen LogP contribution in [0.4, 0.5) is 0 Å². The highest BCUT2D eigenvalue weighted by atomic mass is 16.6. The van der Waals surface area contributed by atoms with Crippen molar-refractivity contribution in [2.24, 2.45) is 0 Å². The smallest absolute Gasteiger partial charge is 0.332 e. The molecule has 0 fully saturated rings. The van der Waals surface area contributed by atoms with Gasteiger partial charge in [0.2, 0.25) is 0 Å². The Bertz CT molecular complexity index is 191. The molecular weight excluding hydrogens is 154 g/mol.